The number of likely N-dealkylation sites (tertiary alicyclic amines) is 1. The number of unbranched alkanes of at least 4 members (excludes halogenated alkanes) is 2. The molecule has 2 bridgehead atoms. The van der Waals surface area contributed by atoms with Crippen LogP contribution in [0.5, 0.6) is 0 Å². The van der Waals surface area contributed by atoms with Gasteiger partial charge in [-0.2, -0.15) is 0 Å². The highest BCUT2D eigenvalue weighted by molar-refractivity contribution is 8.00. The van der Waals surface area contributed by atoms with Crippen molar-refractivity contribution in [1.29, 1.82) is 0 Å². The van der Waals surface area contributed by atoms with Crippen molar-refractivity contribution < 1.29 is 19.5 Å². The first-order chi connectivity index (χ1) is 16.8. The minimum atomic E-state index is -0.824. The number of aromatic nitrogens is 1. The first-order valence-corrected chi connectivity index (χ1v) is 14.1. The normalized spacial score (nSPS) is 32.6. The van der Waals surface area contributed by atoms with Crippen LogP contribution in [0, 0.1) is 29.6 Å². The van der Waals surface area contributed by atoms with E-state index in [1.54, 1.807) is 11.8 Å². The first kappa shape index (κ1) is 23.3. The van der Waals surface area contributed by atoms with Gasteiger partial charge in [-0.1, -0.05) is 41.5 Å². The number of carbonyl (C=O) groups excluding carboxylic acids is 2. The molecule has 0 unspecified atom stereocenters. The molecule has 2 N–H and O–H groups in total. The molecule has 7 atom stereocenters. The number of thioether (sulfide) groups is 1. The van der Waals surface area contributed by atoms with Crippen molar-refractivity contribution in [3.63, 3.8) is 0 Å². The lowest BCUT2D eigenvalue weighted by Gasteiger charge is -2.43. The Kier molecular flexibility index (Phi) is 5.85. The smallest absolute Gasteiger partial charge is 0.305 e. The van der Waals surface area contributed by atoms with Crippen LogP contribution in [0.1, 0.15) is 48.5 Å². The van der Waals surface area contributed by atoms with Gasteiger partial charge in [0, 0.05) is 34.0 Å². The molecule has 2 aliphatic heterocycles. The van der Waals surface area contributed by atoms with Gasteiger partial charge in [-0.25, -0.2) is 0 Å². The second-order valence-electron chi connectivity index (χ2n) is 10.0. The lowest BCUT2D eigenvalue weighted by molar-refractivity contribution is -0.141. The molecule has 1 saturated heterocycles. The molecule has 2 saturated carbocycles. The summed E-state index contributed by atoms with van der Waals surface area (Å²) < 4.78 is 0. The van der Waals surface area contributed by atoms with Crippen LogP contribution in [0.15, 0.2) is 34.1 Å². The number of fused-ring (bicyclic) bond motifs is 9. The number of amides is 2. The van der Waals surface area contributed by atoms with Crippen molar-refractivity contribution in [3.05, 3.63) is 49.4 Å². The standard InChI is InChI=1S/C25H25ClN2O5S2/c26-12-7-5-11(6-8-12)16-17-13-10-14(20(17)34-22-21(16)35-25(33)27-22)19-18(13)23(31)28(24(19)32)9-3-1-2-4-15(29)30/h5-8,13-14,16-20H,1-4,9-10H2,(H,27,33)(H,29,30)/t13-,14+,16+,17+,18+,19+,20+/m0/s1. The summed E-state index contributed by atoms with van der Waals surface area (Å²) in [6, 6.07) is 7.77. The zero-order chi connectivity index (χ0) is 24.4. The number of rotatable bonds is 7. The van der Waals surface area contributed by atoms with Gasteiger partial charge >= 0.3 is 10.8 Å². The third-order valence-electron chi connectivity index (χ3n) is 8.32. The van der Waals surface area contributed by atoms with Crippen LogP contribution in [0.25, 0.3) is 0 Å². The van der Waals surface area contributed by atoms with Crippen molar-refractivity contribution in [3.8, 4) is 0 Å². The predicted molar refractivity (Wildman–Crippen MR) is 133 cm³/mol. The summed E-state index contributed by atoms with van der Waals surface area (Å²) in [7, 11) is 0. The molecule has 4 aliphatic rings. The number of carboxylic acid groups (broad SMARTS) is 1. The highest BCUT2D eigenvalue weighted by atomic mass is 35.5. The minimum Gasteiger partial charge on any atom is -0.481 e. The number of hydrogen-bond acceptors (Lipinski definition) is 6. The lowest BCUT2D eigenvalue weighted by atomic mass is 9.68. The fraction of sp³-hybridized carbons (Fsp3) is 0.520. The number of aromatic amines is 1. The number of imide groups is 1. The molecule has 1 aromatic carbocycles. The van der Waals surface area contributed by atoms with E-state index in [9.17, 15) is 19.2 Å². The van der Waals surface area contributed by atoms with E-state index in [-0.39, 0.29) is 63.9 Å². The van der Waals surface area contributed by atoms with Gasteiger partial charge in [-0.3, -0.25) is 24.1 Å². The van der Waals surface area contributed by atoms with Crippen LogP contribution in [-0.2, 0) is 14.4 Å². The molecular weight excluding hydrogens is 508 g/mol. The predicted octanol–water partition coefficient (Wildman–Crippen LogP) is 4.21. The van der Waals surface area contributed by atoms with Crippen LogP contribution in [-0.4, -0.2) is 44.6 Å². The van der Waals surface area contributed by atoms with Gasteiger partial charge in [-0.05, 0) is 54.7 Å². The Morgan fingerprint density at radius 1 is 1.06 bits per heavy atom. The van der Waals surface area contributed by atoms with Crippen LogP contribution in [0.2, 0.25) is 5.02 Å². The summed E-state index contributed by atoms with van der Waals surface area (Å²) in [6.45, 7) is 0.369. The van der Waals surface area contributed by atoms with E-state index >= 15 is 0 Å². The Hall–Kier alpha value is -2.10. The monoisotopic (exact) mass is 532 g/mol. The molecule has 0 radical (unpaired) electrons. The molecule has 7 nitrogen and oxygen atoms in total. The molecule has 0 spiro atoms. The van der Waals surface area contributed by atoms with E-state index in [0.29, 0.717) is 30.8 Å². The lowest BCUT2D eigenvalue weighted by Crippen LogP contribution is -2.42. The molecule has 1 aromatic heterocycles. The maximum atomic E-state index is 13.5. The molecule has 3 fully saturated rings. The minimum absolute atomic E-state index is 0.00128. The molecule has 184 valence electrons. The molecular formula is C25H25ClN2O5S2. The summed E-state index contributed by atoms with van der Waals surface area (Å²) >= 11 is 9.09. The van der Waals surface area contributed by atoms with E-state index in [0.717, 1.165) is 21.9 Å². The van der Waals surface area contributed by atoms with E-state index in [4.69, 9.17) is 16.7 Å². The van der Waals surface area contributed by atoms with Crippen LogP contribution in [0.3, 0.4) is 0 Å². The third kappa shape index (κ3) is 3.69. The quantitative estimate of drug-likeness (QED) is 0.408. The Morgan fingerprint density at radius 3 is 2.49 bits per heavy atom. The number of carbonyl (C=O) groups is 3. The van der Waals surface area contributed by atoms with E-state index in [1.807, 2.05) is 24.3 Å². The van der Waals surface area contributed by atoms with Crippen molar-refractivity contribution in [2.24, 2.45) is 29.6 Å². The van der Waals surface area contributed by atoms with Crippen LogP contribution in [0.4, 0.5) is 0 Å². The average molecular weight is 533 g/mol. The first-order valence-electron chi connectivity index (χ1n) is 12.1. The molecule has 2 aliphatic carbocycles. The van der Waals surface area contributed by atoms with Gasteiger partial charge in [0.2, 0.25) is 11.8 Å². The largest absolute Gasteiger partial charge is 0.481 e. The van der Waals surface area contributed by atoms with Gasteiger partial charge in [0.25, 0.3) is 0 Å². The fourth-order valence-electron chi connectivity index (χ4n) is 7.07. The number of nitrogens with one attached hydrogen (secondary N) is 1. The Labute approximate surface area is 215 Å². The molecule has 35 heavy (non-hydrogen) atoms. The second-order valence-corrected chi connectivity index (χ2v) is 12.7. The second kappa shape index (κ2) is 8.78. The summed E-state index contributed by atoms with van der Waals surface area (Å²) in [5, 5.41) is 10.5. The van der Waals surface area contributed by atoms with Gasteiger partial charge in [0.15, 0.2) is 0 Å². The molecule has 10 heteroatoms. The number of aliphatic carboxylic acids is 1. The van der Waals surface area contributed by atoms with Crippen molar-refractivity contribution in [1.82, 2.24) is 9.88 Å². The maximum absolute atomic E-state index is 13.5. The molecule has 2 amide bonds. The number of carboxylic acids is 1. The van der Waals surface area contributed by atoms with E-state index < -0.39 is 5.97 Å². The fourth-order valence-corrected chi connectivity index (χ4v) is 10.1. The Bertz CT molecular complexity index is 1260. The van der Waals surface area contributed by atoms with Crippen LogP contribution >= 0.6 is 34.7 Å². The third-order valence-corrected chi connectivity index (χ3v) is 11.2. The van der Waals surface area contributed by atoms with Crippen molar-refractivity contribution in [2.45, 2.75) is 48.3 Å². The number of halogens is 1. The summed E-state index contributed by atoms with van der Waals surface area (Å²) in [4.78, 5) is 55.4. The van der Waals surface area contributed by atoms with Crippen molar-refractivity contribution in [2.75, 3.05) is 6.54 Å². The van der Waals surface area contributed by atoms with Crippen LogP contribution < -0.4 is 4.87 Å². The summed E-state index contributed by atoms with van der Waals surface area (Å²) in [5.41, 5.74) is 1.09. The Balaban J connectivity index is 1.28. The summed E-state index contributed by atoms with van der Waals surface area (Å²) in [6.07, 6.45) is 2.83. The van der Waals surface area contributed by atoms with Gasteiger partial charge in [0.05, 0.1) is 16.9 Å². The SMILES string of the molecule is O=C(O)CCCCCN1C(=O)[C@@H]2[C@H]3C[C@@H]([C@H]4Sc5[nH]c(=O)sc5[C@H](c5ccc(Cl)cc5)[C@@H]34)[C@H]2C1=O. The van der Waals surface area contributed by atoms with Gasteiger partial charge in [-0.15, -0.1) is 11.8 Å². The number of nitrogens with zero attached hydrogens (tertiary/aromatic N) is 1. The Morgan fingerprint density at radius 2 is 1.77 bits per heavy atom. The number of hydrogen-bond donors (Lipinski definition) is 2. The maximum Gasteiger partial charge on any atom is 0.305 e. The van der Waals surface area contributed by atoms with E-state index in [1.165, 1.54) is 16.2 Å². The van der Waals surface area contributed by atoms with Crippen molar-refractivity contribution >= 4 is 52.5 Å². The highest BCUT2D eigenvalue weighted by Gasteiger charge is 2.69. The molecule has 6 rings (SSSR count). The molecule has 3 heterocycles. The highest BCUT2D eigenvalue weighted by Crippen LogP contribution is 2.68. The molecule has 2 aromatic rings. The van der Waals surface area contributed by atoms with Gasteiger partial charge in [0.1, 0.15) is 0 Å². The number of H-pyrrole nitrogens is 1. The van der Waals surface area contributed by atoms with E-state index in [2.05, 4.69) is 4.98 Å². The average Bonchev–Trinajstić information content (AvgIpc) is 3.54. The van der Waals surface area contributed by atoms with Gasteiger partial charge < -0.3 is 10.1 Å². The number of thiazole rings is 1. The zero-order valence-corrected chi connectivity index (χ0v) is 21.2. The summed E-state index contributed by atoms with van der Waals surface area (Å²) in [5.74, 6) is -1.12. The number of benzene rings is 1. The topological polar surface area (TPSA) is 108 Å². The zero-order valence-electron chi connectivity index (χ0n) is 18.8.